The summed E-state index contributed by atoms with van der Waals surface area (Å²) in [7, 11) is 0. The number of rotatable bonds is 6. The van der Waals surface area contributed by atoms with Gasteiger partial charge in [-0.1, -0.05) is 29.8 Å². The van der Waals surface area contributed by atoms with Gasteiger partial charge in [0, 0.05) is 47.4 Å². The Balaban J connectivity index is 1.43. The highest BCUT2D eigenvalue weighted by molar-refractivity contribution is 6.30. The van der Waals surface area contributed by atoms with E-state index < -0.39 is 0 Å². The monoisotopic (exact) mass is 447 g/mol. The van der Waals surface area contributed by atoms with Gasteiger partial charge in [0.1, 0.15) is 11.5 Å². The molecule has 2 aromatic carbocycles. The summed E-state index contributed by atoms with van der Waals surface area (Å²) in [5, 5.41) is 7.07. The average molecular weight is 448 g/mol. The predicted octanol–water partition coefficient (Wildman–Crippen LogP) is 4.70. The van der Waals surface area contributed by atoms with Crippen LogP contribution in [0.3, 0.4) is 0 Å². The lowest BCUT2D eigenvalue weighted by molar-refractivity contribution is 0.0858. The smallest absolute Gasteiger partial charge is 0.251 e. The molecule has 0 unspecified atom stereocenters. The molecule has 0 bridgehead atoms. The van der Waals surface area contributed by atoms with Crippen LogP contribution in [0.1, 0.15) is 23.2 Å². The van der Waals surface area contributed by atoms with Gasteiger partial charge in [-0.25, -0.2) is 4.98 Å². The van der Waals surface area contributed by atoms with Crippen LogP contribution in [-0.4, -0.2) is 39.5 Å². The zero-order chi connectivity index (χ0) is 21.9. The second kappa shape index (κ2) is 8.98. The van der Waals surface area contributed by atoms with Crippen molar-refractivity contribution in [3.8, 4) is 11.3 Å². The highest BCUT2D eigenvalue weighted by Crippen LogP contribution is 2.31. The van der Waals surface area contributed by atoms with Crippen LogP contribution in [0.15, 0.2) is 67.1 Å². The second-order valence-corrected chi connectivity index (χ2v) is 8.11. The molecular weight excluding hydrogens is 426 g/mol. The van der Waals surface area contributed by atoms with Crippen molar-refractivity contribution < 1.29 is 9.53 Å². The number of fused-ring (bicyclic) bond motifs is 1. The van der Waals surface area contributed by atoms with Crippen molar-refractivity contribution in [3.05, 3.63) is 77.7 Å². The Labute approximate surface area is 190 Å². The van der Waals surface area contributed by atoms with Gasteiger partial charge in [-0.3, -0.25) is 14.2 Å². The van der Waals surface area contributed by atoms with Crippen LogP contribution >= 0.6 is 11.6 Å². The Bertz CT molecular complexity index is 1250. The number of imidazole rings is 1. The molecule has 0 aliphatic carbocycles. The Morgan fingerprint density at radius 2 is 2.09 bits per heavy atom. The maximum absolute atomic E-state index is 12.7. The third-order valence-electron chi connectivity index (χ3n) is 5.45. The van der Waals surface area contributed by atoms with Gasteiger partial charge in [-0.15, -0.1) is 0 Å². The standard InChI is InChI=1S/C24H22ClN5O2/c25-18-8-6-16(7-9-18)22-23(30-11-10-26-15-21(30)29-22)28-19-4-1-3-17(13-19)24(31)27-14-20-5-2-12-32-20/h1,3-4,6-11,13,15,20,28H,2,5,12,14H2,(H,27,31)/t20-/m1/s1. The second-order valence-electron chi connectivity index (χ2n) is 7.67. The lowest BCUT2D eigenvalue weighted by Gasteiger charge is -2.12. The SMILES string of the molecule is O=C(NC[C@H]1CCCO1)c1cccc(Nc2c(-c3ccc(Cl)cc3)nc3cnccn23)c1. The first-order chi connectivity index (χ1) is 15.7. The van der Waals surface area contributed by atoms with Crippen molar-refractivity contribution in [3.63, 3.8) is 0 Å². The molecule has 3 heterocycles. The molecular formula is C24H22ClN5O2. The summed E-state index contributed by atoms with van der Waals surface area (Å²) in [6, 6.07) is 14.9. The summed E-state index contributed by atoms with van der Waals surface area (Å²) in [5.41, 5.74) is 3.76. The normalized spacial score (nSPS) is 15.7. The third-order valence-corrected chi connectivity index (χ3v) is 5.70. The zero-order valence-corrected chi connectivity index (χ0v) is 18.0. The van der Waals surface area contributed by atoms with Crippen LogP contribution < -0.4 is 10.6 Å². The number of hydrogen-bond donors (Lipinski definition) is 2. The molecule has 2 aromatic heterocycles. The maximum atomic E-state index is 12.7. The summed E-state index contributed by atoms with van der Waals surface area (Å²) >= 11 is 6.06. The zero-order valence-electron chi connectivity index (χ0n) is 17.3. The minimum absolute atomic E-state index is 0.106. The molecule has 4 aromatic rings. The number of aromatic nitrogens is 3. The molecule has 5 rings (SSSR count). The van der Waals surface area contributed by atoms with Crippen molar-refractivity contribution in [1.29, 1.82) is 0 Å². The minimum Gasteiger partial charge on any atom is -0.376 e. The molecule has 0 saturated carbocycles. The van der Waals surface area contributed by atoms with E-state index in [0.29, 0.717) is 22.8 Å². The number of benzene rings is 2. The van der Waals surface area contributed by atoms with Gasteiger partial charge < -0.3 is 15.4 Å². The Hall–Kier alpha value is -3.42. The highest BCUT2D eigenvalue weighted by Gasteiger charge is 2.18. The molecule has 0 spiro atoms. The van der Waals surface area contributed by atoms with Gasteiger partial charge in [0.25, 0.3) is 5.91 Å². The Kier molecular flexibility index (Phi) is 5.75. The molecule has 1 aliphatic heterocycles. The predicted molar refractivity (Wildman–Crippen MR) is 124 cm³/mol. The van der Waals surface area contributed by atoms with Crippen molar-refractivity contribution in [1.82, 2.24) is 19.7 Å². The number of amides is 1. The quantitative estimate of drug-likeness (QED) is 0.447. The summed E-state index contributed by atoms with van der Waals surface area (Å²) in [6.07, 6.45) is 7.40. The average Bonchev–Trinajstić information content (AvgIpc) is 3.47. The van der Waals surface area contributed by atoms with E-state index in [1.165, 1.54) is 0 Å². The van der Waals surface area contributed by atoms with Crippen LogP contribution in [0.4, 0.5) is 11.5 Å². The molecule has 1 atom stereocenters. The van der Waals surface area contributed by atoms with Crippen molar-refractivity contribution in [2.24, 2.45) is 0 Å². The molecule has 7 nitrogen and oxygen atoms in total. The Morgan fingerprint density at radius 3 is 2.91 bits per heavy atom. The van der Waals surface area contributed by atoms with Crippen LogP contribution in [0.25, 0.3) is 16.9 Å². The lowest BCUT2D eigenvalue weighted by atomic mass is 10.1. The number of hydrogen-bond acceptors (Lipinski definition) is 5. The van der Waals surface area contributed by atoms with E-state index >= 15 is 0 Å². The van der Waals surface area contributed by atoms with Crippen LogP contribution in [0, 0.1) is 0 Å². The number of anilines is 2. The van der Waals surface area contributed by atoms with E-state index in [4.69, 9.17) is 21.3 Å². The minimum atomic E-state index is -0.121. The molecule has 8 heteroatoms. The molecule has 2 N–H and O–H groups in total. The van der Waals surface area contributed by atoms with E-state index in [0.717, 1.165) is 42.2 Å². The van der Waals surface area contributed by atoms with Crippen LogP contribution in [-0.2, 0) is 4.74 Å². The number of ether oxygens (including phenoxy) is 1. The van der Waals surface area contributed by atoms with E-state index in [1.54, 1.807) is 18.5 Å². The molecule has 1 saturated heterocycles. The summed E-state index contributed by atoms with van der Waals surface area (Å²) < 4.78 is 7.52. The van der Waals surface area contributed by atoms with E-state index in [2.05, 4.69) is 15.6 Å². The van der Waals surface area contributed by atoms with Crippen molar-refractivity contribution in [2.45, 2.75) is 18.9 Å². The van der Waals surface area contributed by atoms with E-state index in [9.17, 15) is 4.79 Å². The Morgan fingerprint density at radius 1 is 1.22 bits per heavy atom. The number of nitrogens with zero attached hydrogens (tertiary/aromatic N) is 3. The third kappa shape index (κ3) is 4.30. The topological polar surface area (TPSA) is 80.5 Å². The number of halogens is 1. The van der Waals surface area contributed by atoms with Gasteiger partial charge >= 0.3 is 0 Å². The van der Waals surface area contributed by atoms with Gasteiger partial charge in [0.15, 0.2) is 5.65 Å². The van der Waals surface area contributed by atoms with Gasteiger partial charge in [-0.2, -0.15) is 0 Å². The van der Waals surface area contributed by atoms with E-state index in [-0.39, 0.29) is 12.0 Å². The molecule has 1 amide bonds. The largest absolute Gasteiger partial charge is 0.376 e. The van der Waals surface area contributed by atoms with Gasteiger partial charge in [-0.05, 0) is 43.2 Å². The fourth-order valence-electron chi connectivity index (χ4n) is 3.82. The summed E-state index contributed by atoms with van der Waals surface area (Å²) in [5.74, 6) is 0.658. The van der Waals surface area contributed by atoms with Gasteiger partial charge in [0.05, 0.1) is 12.3 Å². The fourth-order valence-corrected chi connectivity index (χ4v) is 3.95. The molecule has 162 valence electrons. The summed E-state index contributed by atoms with van der Waals surface area (Å²) in [4.78, 5) is 21.6. The van der Waals surface area contributed by atoms with E-state index in [1.807, 2.05) is 53.1 Å². The molecule has 0 radical (unpaired) electrons. The number of nitrogens with one attached hydrogen (secondary N) is 2. The first kappa shape index (κ1) is 20.5. The van der Waals surface area contributed by atoms with Crippen LogP contribution in [0.5, 0.6) is 0 Å². The lowest BCUT2D eigenvalue weighted by Crippen LogP contribution is -2.31. The first-order valence-electron chi connectivity index (χ1n) is 10.5. The maximum Gasteiger partial charge on any atom is 0.251 e. The van der Waals surface area contributed by atoms with Crippen molar-refractivity contribution >= 4 is 34.7 Å². The van der Waals surface area contributed by atoms with Crippen LogP contribution in [0.2, 0.25) is 5.02 Å². The van der Waals surface area contributed by atoms with Crippen molar-refractivity contribution in [2.75, 3.05) is 18.5 Å². The molecule has 32 heavy (non-hydrogen) atoms. The number of carbonyl (C=O) groups excluding carboxylic acids is 1. The number of carbonyl (C=O) groups is 1. The summed E-state index contributed by atoms with van der Waals surface area (Å²) in [6.45, 7) is 1.29. The van der Waals surface area contributed by atoms with Gasteiger partial charge in [0.2, 0.25) is 0 Å². The molecule has 1 aliphatic rings. The fraction of sp³-hybridized carbons (Fsp3) is 0.208. The highest BCUT2D eigenvalue weighted by atomic mass is 35.5. The molecule has 1 fully saturated rings. The first-order valence-corrected chi connectivity index (χ1v) is 10.9.